The van der Waals surface area contributed by atoms with Crippen LogP contribution in [0.2, 0.25) is 0 Å². The molecule has 1 aliphatic rings. The average molecular weight is 242 g/mol. The number of rotatable bonds is 3. The Morgan fingerprint density at radius 3 is 2.44 bits per heavy atom. The van der Waals surface area contributed by atoms with Crippen LogP contribution in [0.15, 0.2) is 24.3 Å². The van der Waals surface area contributed by atoms with Gasteiger partial charge in [0.1, 0.15) is 0 Å². The van der Waals surface area contributed by atoms with Crippen molar-refractivity contribution in [3.8, 4) is 0 Å². The van der Waals surface area contributed by atoms with E-state index >= 15 is 0 Å². The fourth-order valence-corrected chi connectivity index (χ4v) is 3.01. The number of aryl methyl sites for hydroxylation is 3. The van der Waals surface area contributed by atoms with Crippen molar-refractivity contribution in [3.63, 3.8) is 0 Å². The smallest absolute Gasteiger partial charge is 0.163 e. The van der Waals surface area contributed by atoms with E-state index in [4.69, 9.17) is 0 Å². The molecule has 1 aliphatic carbocycles. The zero-order valence-corrected chi connectivity index (χ0v) is 11.6. The molecule has 0 spiro atoms. The molecule has 0 heterocycles. The third-order valence-electron chi connectivity index (χ3n) is 3.76. The summed E-state index contributed by atoms with van der Waals surface area (Å²) in [6.07, 6.45) is 8.66. The van der Waals surface area contributed by atoms with E-state index in [-0.39, 0.29) is 0 Å². The normalized spacial score (nSPS) is 18.9. The molecule has 0 saturated heterocycles. The molecule has 1 atom stereocenters. The second-order valence-corrected chi connectivity index (χ2v) is 5.52. The molecule has 0 saturated carbocycles. The van der Waals surface area contributed by atoms with Gasteiger partial charge < -0.3 is 0 Å². The lowest BCUT2D eigenvalue weighted by atomic mass is 9.87. The van der Waals surface area contributed by atoms with Gasteiger partial charge in [0.05, 0.1) is 0 Å². The van der Waals surface area contributed by atoms with Crippen LogP contribution < -0.4 is 0 Å². The van der Waals surface area contributed by atoms with Gasteiger partial charge in [-0.05, 0) is 57.1 Å². The standard InChI is InChI=1S/C17H22O/c1-12-9-13(2)17(14(3)10-12)16(18)11-15-7-5-4-6-8-15/h5,7,9-10,15H,4,6,8,11H2,1-3H3. The third-order valence-corrected chi connectivity index (χ3v) is 3.76. The number of allylic oxidation sites excluding steroid dienone is 2. The Balaban J connectivity index is 2.18. The summed E-state index contributed by atoms with van der Waals surface area (Å²) in [6.45, 7) is 6.17. The van der Waals surface area contributed by atoms with Crippen molar-refractivity contribution in [1.82, 2.24) is 0 Å². The Hall–Kier alpha value is -1.37. The quantitative estimate of drug-likeness (QED) is 0.561. The minimum absolute atomic E-state index is 0.307. The van der Waals surface area contributed by atoms with Crippen LogP contribution in [0.5, 0.6) is 0 Å². The van der Waals surface area contributed by atoms with Crippen LogP contribution in [-0.2, 0) is 0 Å². The van der Waals surface area contributed by atoms with Crippen LogP contribution in [0.3, 0.4) is 0 Å². The molecule has 0 amide bonds. The van der Waals surface area contributed by atoms with Gasteiger partial charge in [0, 0.05) is 12.0 Å². The van der Waals surface area contributed by atoms with Gasteiger partial charge in [-0.15, -0.1) is 0 Å². The molecule has 0 aliphatic heterocycles. The molecule has 1 heteroatoms. The molecule has 2 rings (SSSR count). The molecule has 0 N–H and O–H groups in total. The van der Waals surface area contributed by atoms with E-state index in [1.165, 1.54) is 18.4 Å². The minimum Gasteiger partial charge on any atom is -0.294 e. The van der Waals surface area contributed by atoms with E-state index in [0.717, 1.165) is 23.1 Å². The first-order valence-corrected chi connectivity index (χ1v) is 6.85. The maximum Gasteiger partial charge on any atom is 0.163 e. The Bertz CT molecular complexity index is 459. The molecule has 18 heavy (non-hydrogen) atoms. The topological polar surface area (TPSA) is 17.1 Å². The molecule has 96 valence electrons. The van der Waals surface area contributed by atoms with Crippen molar-refractivity contribution in [2.24, 2.45) is 5.92 Å². The highest BCUT2D eigenvalue weighted by molar-refractivity contribution is 5.99. The first kappa shape index (κ1) is 13.1. The Morgan fingerprint density at radius 1 is 1.22 bits per heavy atom. The second kappa shape index (κ2) is 5.51. The summed E-state index contributed by atoms with van der Waals surface area (Å²) in [5.74, 6) is 0.757. The number of Topliss-reactive ketones (excluding diaryl/α,β-unsaturated/α-hetero) is 1. The lowest BCUT2D eigenvalue weighted by molar-refractivity contribution is 0.0965. The van der Waals surface area contributed by atoms with Gasteiger partial charge in [0.15, 0.2) is 5.78 Å². The molecule has 1 aromatic carbocycles. The Morgan fingerprint density at radius 2 is 1.89 bits per heavy atom. The van der Waals surface area contributed by atoms with Crippen LogP contribution in [-0.4, -0.2) is 5.78 Å². The SMILES string of the molecule is Cc1cc(C)c(C(=O)CC2C=CCCC2)c(C)c1. The van der Waals surface area contributed by atoms with Gasteiger partial charge in [0.2, 0.25) is 0 Å². The lowest BCUT2D eigenvalue weighted by Crippen LogP contribution is -2.11. The zero-order chi connectivity index (χ0) is 13.1. The lowest BCUT2D eigenvalue weighted by Gasteiger charge is -2.17. The molecule has 1 nitrogen and oxygen atoms in total. The summed E-state index contributed by atoms with van der Waals surface area (Å²) in [5, 5.41) is 0. The van der Waals surface area contributed by atoms with Gasteiger partial charge in [-0.25, -0.2) is 0 Å². The van der Waals surface area contributed by atoms with E-state index in [9.17, 15) is 4.79 Å². The number of benzene rings is 1. The van der Waals surface area contributed by atoms with Gasteiger partial charge in [0.25, 0.3) is 0 Å². The van der Waals surface area contributed by atoms with Crippen molar-refractivity contribution in [1.29, 1.82) is 0 Å². The third kappa shape index (κ3) is 2.90. The molecular formula is C17H22O. The van der Waals surface area contributed by atoms with Gasteiger partial charge in [-0.2, -0.15) is 0 Å². The summed E-state index contributed by atoms with van der Waals surface area (Å²) in [7, 11) is 0. The van der Waals surface area contributed by atoms with Crippen LogP contribution >= 0.6 is 0 Å². The largest absolute Gasteiger partial charge is 0.294 e. The predicted octanol–water partition coefficient (Wildman–Crippen LogP) is 4.54. The summed E-state index contributed by atoms with van der Waals surface area (Å²) < 4.78 is 0. The van der Waals surface area contributed by atoms with Crippen molar-refractivity contribution >= 4 is 5.78 Å². The number of ketones is 1. The minimum atomic E-state index is 0.307. The highest BCUT2D eigenvalue weighted by Gasteiger charge is 2.17. The van der Waals surface area contributed by atoms with Crippen LogP contribution in [0.1, 0.15) is 52.7 Å². The zero-order valence-electron chi connectivity index (χ0n) is 11.6. The predicted molar refractivity (Wildman–Crippen MR) is 76.1 cm³/mol. The summed E-state index contributed by atoms with van der Waals surface area (Å²) in [6, 6.07) is 4.22. The number of carbonyl (C=O) groups is 1. The first-order valence-electron chi connectivity index (χ1n) is 6.85. The monoisotopic (exact) mass is 242 g/mol. The number of hydrogen-bond donors (Lipinski definition) is 0. The van der Waals surface area contributed by atoms with E-state index in [2.05, 4.69) is 31.2 Å². The van der Waals surface area contributed by atoms with Crippen molar-refractivity contribution in [2.75, 3.05) is 0 Å². The number of carbonyl (C=O) groups excluding carboxylic acids is 1. The van der Waals surface area contributed by atoms with Crippen molar-refractivity contribution in [2.45, 2.75) is 46.5 Å². The Kier molecular flexibility index (Phi) is 4.00. The molecule has 0 radical (unpaired) electrons. The summed E-state index contributed by atoms with van der Waals surface area (Å²) in [4.78, 5) is 12.4. The fourth-order valence-electron chi connectivity index (χ4n) is 3.01. The molecule has 1 unspecified atom stereocenters. The second-order valence-electron chi connectivity index (χ2n) is 5.52. The van der Waals surface area contributed by atoms with Gasteiger partial charge in [-0.3, -0.25) is 4.79 Å². The summed E-state index contributed by atoms with van der Waals surface area (Å²) in [5.41, 5.74) is 4.42. The van der Waals surface area contributed by atoms with Gasteiger partial charge >= 0.3 is 0 Å². The van der Waals surface area contributed by atoms with E-state index in [0.29, 0.717) is 18.1 Å². The van der Waals surface area contributed by atoms with Crippen LogP contribution in [0.25, 0.3) is 0 Å². The molecule has 0 fully saturated rings. The molecular weight excluding hydrogens is 220 g/mol. The first-order chi connectivity index (χ1) is 8.58. The van der Waals surface area contributed by atoms with Crippen LogP contribution in [0.4, 0.5) is 0 Å². The highest BCUT2D eigenvalue weighted by atomic mass is 16.1. The molecule has 0 bridgehead atoms. The molecule has 0 aromatic heterocycles. The van der Waals surface area contributed by atoms with E-state index in [1.807, 2.05) is 13.8 Å². The maximum absolute atomic E-state index is 12.4. The number of hydrogen-bond acceptors (Lipinski definition) is 1. The fraction of sp³-hybridized carbons (Fsp3) is 0.471. The summed E-state index contributed by atoms with van der Waals surface area (Å²) >= 11 is 0. The highest BCUT2D eigenvalue weighted by Crippen LogP contribution is 2.25. The Labute approximate surface area is 110 Å². The van der Waals surface area contributed by atoms with Crippen molar-refractivity contribution < 1.29 is 4.79 Å². The van der Waals surface area contributed by atoms with Gasteiger partial charge in [-0.1, -0.05) is 29.8 Å². The van der Waals surface area contributed by atoms with Crippen molar-refractivity contribution in [3.05, 3.63) is 46.5 Å². The van der Waals surface area contributed by atoms with Crippen LogP contribution in [0, 0.1) is 26.7 Å². The maximum atomic E-state index is 12.4. The van der Waals surface area contributed by atoms with E-state index < -0.39 is 0 Å². The molecule has 1 aromatic rings. The van der Waals surface area contributed by atoms with E-state index in [1.54, 1.807) is 0 Å². The average Bonchev–Trinajstić information content (AvgIpc) is 2.28.